The Morgan fingerprint density at radius 1 is 1.21 bits per heavy atom. The van der Waals surface area contributed by atoms with Crippen molar-refractivity contribution in [1.29, 1.82) is 0 Å². The molecule has 1 aliphatic rings. The molecule has 0 saturated carbocycles. The van der Waals surface area contributed by atoms with E-state index < -0.39 is 0 Å². The van der Waals surface area contributed by atoms with E-state index >= 15 is 0 Å². The fraction of sp³-hybridized carbons (Fsp3) is 0.611. The van der Waals surface area contributed by atoms with E-state index in [-0.39, 0.29) is 11.9 Å². The number of hydrogen-bond donors (Lipinski definition) is 2. The van der Waals surface area contributed by atoms with Gasteiger partial charge in [0, 0.05) is 19.1 Å². The molecule has 1 aliphatic heterocycles. The highest BCUT2D eigenvalue weighted by Crippen LogP contribution is 2.28. The van der Waals surface area contributed by atoms with Crippen LogP contribution in [0.3, 0.4) is 0 Å². The molecule has 2 rings (SSSR count). The van der Waals surface area contributed by atoms with E-state index in [2.05, 4.69) is 17.8 Å². The number of nitrogens with zero attached hydrogens (tertiary/aromatic N) is 1. The molecule has 6 heteroatoms. The summed E-state index contributed by atoms with van der Waals surface area (Å²) in [4.78, 5) is 14.6. The topological polar surface area (TPSA) is 62.8 Å². The number of likely N-dealkylation sites (N-methyl/N-ethyl adjacent to an activating group) is 1. The first-order valence-corrected chi connectivity index (χ1v) is 8.63. The number of carbonyl (C=O) groups is 1. The lowest BCUT2D eigenvalue weighted by atomic mass is 10.0. The number of methoxy groups -OCH3 is 2. The number of hydrazine groups is 1. The fourth-order valence-corrected chi connectivity index (χ4v) is 3.09. The van der Waals surface area contributed by atoms with Gasteiger partial charge in [0.15, 0.2) is 11.5 Å². The third-order valence-corrected chi connectivity index (χ3v) is 4.43. The van der Waals surface area contributed by atoms with Crippen molar-refractivity contribution >= 4 is 5.91 Å². The Kier molecular flexibility index (Phi) is 6.87. The van der Waals surface area contributed by atoms with Crippen LogP contribution in [-0.2, 0) is 11.3 Å². The van der Waals surface area contributed by atoms with Crippen molar-refractivity contribution in [3.63, 3.8) is 0 Å². The standard InChI is InChI=1S/C18H29N3O3/c1-5-7-14-11-15(20-19-14)18(22)21(6-2)12-13-8-9-16(23-3)17(10-13)24-4/h8-10,14-15,19-20H,5-7,11-12H2,1-4H3. The zero-order valence-electron chi connectivity index (χ0n) is 15.1. The second-order valence-corrected chi connectivity index (χ2v) is 6.10. The van der Waals surface area contributed by atoms with Crippen LogP contribution in [0.2, 0.25) is 0 Å². The van der Waals surface area contributed by atoms with Crippen molar-refractivity contribution in [1.82, 2.24) is 15.8 Å². The Bertz CT molecular complexity index is 550. The van der Waals surface area contributed by atoms with Crippen molar-refractivity contribution in [2.24, 2.45) is 0 Å². The minimum absolute atomic E-state index is 0.137. The lowest BCUT2D eigenvalue weighted by Gasteiger charge is -2.24. The van der Waals surface area contributed by atoms with E-state index in [1.807, 2.05) is 30.0 Å². The van der Waals surface area contributed by atoms with Crippen LogP contribution in [-0.4, -0.2) is 43.7 Å². The number of carbonyl (C=O) groups excluding carboxylic acids is 1. The zero-order chi connectivity index (χ0) is 17.5. The molecule has 0 aliphatic carbocycles. The smallest absolute Gasteiger partial charge is 0.241 e. The van der Waals surface area contributed by atoms with Gasteiger partial charge in [-0.05, 0) is 37.5 Å². The predicted molar refractivity (Wildman–Crippen MR) is 94.0 cm³/mol. The van der Waals surface area contributed by atoms with Crippen LogP contribution in [0, 0.1) is 0 Å². The maximum atomic E-state index is 12.8. The van der Waals surface area contributed by atoms with Gasteiger partial charge in [-0.1, -0.05) is 19.4 Å². The van der Waals surface area contributed by atoms with E-state index in [1.54, 1.807) is 14.2 Å². The largest absolute Gasteiger partial charge is 0.493 e. The van der Waals surface area contributed by atoms with Gasteiger partial charge >= 0.3 is 0 Å². The Morgan fingerprint density at radius 3 is 2.58 bits per heavy atom. The summed E-state index contributed by atoms with van der Waals surface area (Å²) in [7, 11) is 3.23. The molecule has 1 aromatic carbocycles. The minimum Gasteiger partial charge on any atom is -0.493 e. The molecule has 1 heterocycles. The Balaban J connectivity index is 2.02. The fourth-order valence-electron chi connectivity index (χ4n) is 3.09. The maximum Gasteiger partial charge on any atom is 0.241 e. The second kappa shape index (κ2) is 8.89. The van der Waals surface area contributed by atoms with Crippen molar-refractivity contribution in [3.05, 3.63) is 23.8 Å². The monoisotopic (exact) mass is 335 g/mol. The van der Waals surface area contributed by atoms with Gasteiger partial charge in [0.25, 0.3) is 0 Å². The summed E-state index contributed by atoms with van der Waals surface area (Å²) in [6, 6.07) is 6.00. The quantitative estimate of drug-likeness (QED) is 0.762. The summed E-state index contributed by atoms with van der Waals surface area (Å²) in [5, 5.41) is 0. The van der Waals surface area contributed by atoms with E-state index in [4.69, 9.17) is 9.47 Å². The molecular formula is C18H29N3O3. The number of amides is 1. The molecule has 0 aromatic heterocycles. The van der Waals surface area contributed by atoms with Gasteiger partial charge in [0.2, 0.25) is 5.91 Å². The molecule has 2 atom stereocenters. The number of benzene rings is 1. The summed E-state index contributed by atoms with van der Waals surface area (Å²) in [6.45, 7) is 5.40. The molecule has 1 saturated heterocycles. The molecule has 24 heavy (non-hydrogen) atoms. The lowest BCUT2D eigenvalue weighted by Crippen LogP contribution is -2.45. The molecule has 0 radical (unpaired) electrons. The molecule has 2 unspecified atom stereocenters. The van der Waals surface area contributed by atoms with E-state index in [9.17, 15) is 4.79 Å². The summed E-state index contributed by atoms with van der Waals surface area (Å²) in [5.41, 5.74) is 7.40. The minimum atomic E-state index is -0.151. The third kappa shape index (κ3) is 4.39. The normalized spacial score (nSPS) is 20.0. The molecule has 1 fully saturated rings. The van der Waals surface area contributed by atoms with Crippen LogP contribution in [0.1, 0.15) is 38.7 Å². The molecule has 134 valence electrons. The van der Waals surface area contributed by atoms with Crippen LogP contribution in [0.5, 0.6) is 11.5 Å². The van der Waals surface area contributed by atoms with E-state index in [1.165, 1.54) is 0 Å². The van der Waals surface area contributed by atoms with Gasteiger partial charge in [0.1, 0.15) is 6.04 Å². The van der Waals surface area contributed by atoms with Gasteiger partial charge in [-0.2, -0.15) is 0 Å². The zero-order valence-corrected chi connectivity index (χ0v) is 15.1. The first kappa shape index (κ1) is 18.5. The highest BCUT2D eigenvalue weighted by atomic mass is 16.5. The first-order valence-electron chi connectivity index (χ1n) is 8.63. The maximum absolute atomic E-state index is 12.8. The van der Waals surface area contributed by atoms with Gasteiger partial charge in [-0.3, -0.25) is 10.2 Å². The third-order valence-electron chi connectivity index (χ3n) is 4.43. The average Bonchev–Trinajstić information content (AvgIpc) is 3.07. The van der Waals surface area contributed by atoms with Gasteiger partial charge < -0.3 is 14.4 Å². The molecule has 0 spiro atoms. The SMILES string of the molecule is CCCC1CC(C(=O)N(CC)Cc2ccc(OC)c(OC)c2)NN1. The molecule has 2 N–H and O–H groups in total. The van der Waals surface area contributed by atoms with E-state index in [0.29, 0.717) is 30.6 Å². The van der Waals surface area contributed by atoms with Gasteiger partial charge in [-0.15, -0.1) is 0 Å². The van der Waals surface area contributed by atoms with Crippen LogP contribution in [0.25, 0.3) is 0 Å². The molecule has 6 nitrogen and oxygen atoms in total. The molecule has 0 bridgehead atoms. The molecular weight excluding hydrogens is 306 g/mol. The van der Waals surface area contributed by atoms with Gasteiger partial charge in [-0.25, -0.2) is 5.43 Å². The van der Waals surface area contributed by atoms with Crippen LogP contribution in [0.4, 0.5) is 0 Å². The van der Waals surface area contributed by atoms with Gasteiger partial charge in [0.05, 0.1) is 14.2 Å². The van der Waals surface area contributed by atoms with Crippen molar-refractivity contribution in [3.8, 4) is 11.5 Å². The Morgan fingerprint density at radius 2 is 1.96 bits per heavy atom. The van der Waals surface area contributed by atoms with Crippen LogP contribution >= 0.6 is 0 Å². The Labute approximate surface area is 144 Å². The van der Waals surface area contributed by atoms with Crippen LogP contribution in [0.15, 0.2) is 18.2 Å². The van der Waals surface area contributed by atoms with Crippen molar-refractivity contribution < 1.29 is 14.3 Å². The number of hydrogen-bond acceptors (Lipinski definition) is 5. The lowest BCUT2D eigenvalue weighted by molar-refractivity contribution is -0.133. The number of rotatable bonds is 8. The highest BCUT2D eigenvalue weighted by molar-refractivity contribution is 5.82. The predicted octanol–water partition coefficient (Wildman–Crippen LogP) is 2.09. The average molecular weight is 335 g/mol. The molecule has 1 amide bonds. The van der Waals surface area contributed by atoms with Crippen molar-refractivity contribution in [2.45, 2.75) is 51.7 Å². The first-order chi connectivity index (χ1) is 11.6. The summed E-state index contributed by atoms with van der Waals surface area (Å²) >= 11 is 0. The van der Waals surface area contributed by atoms with Crippen LogP contribution < -0.4 is 20.3 Å². The second-order valence-electron chi connectivity index (χ2n) is 6.10. The number of ether oxygens (including phenoxy) is 2. The molecule has 1 aromatic rings. The summed E-state index contributed by atoms with van der Waals surface area (Å²) in [5.74, 6) is 1.51. The van der Waals surface area contributed by atoms with Crippen molar-refractivity contribution in [2.75, 3.05) is 20.8 Å². The Hall–Kier alpha value is -1.79. The number of nitrogens with one attached hydrogen (secondary N) is 2. The summed E-state index contributed by atoms with van der Waals surface area (Å²) in [6.07, 6.45) is 3.04. The highest BCUT2D eigenvalue weighted by Gasteiger charge is 2.31. The van der Waals surface area contributed by atoms with E-state index in [0.717, 1.165) is 24.8 Å². The summed E-state index contributed by atoms with van der Waals surface area (Å²) < 4.78 is 10.6.